The van der Waals surface area contributed by atoms with E-state index in [0.717, 1.165) is 12.8 Å². The van der Waals surface area contributed by atoms with Crippen molar-refractivity contribution < 1.29 is 14.3 Å². The molecule has 0 heterocycles. The SMILES string of the molecule is CCCCOc1ccccc1NC(=O)COc1c(Cl)c(Cl)c(Cl)c(Cl)c1Cl. The first-order valence-corrected chi connectivity index (χ1v) is 9.91. The zero-order valence-corrected chi connectivity index (χ0v) is 18.0. The highest BCUT2D eigenvalue weighted by Crippen LogP contribution is 2.48. The Kier molecular flexibility index (Phi) is 8.64. The molecule has 0 aliphatic carbocycles. The summed E-state index contributed by atoms with van der Waals surface area (Å²) in [7, 11) is 0. The number of amides is 1. The molecule has 0 radical (unpaired) electrons. The van der Waals surface area contributed by atoms with Gasteiger partial charge in [0.1, 0.15) is 15.8 Å². The maximum Gasteiger partial charge on any atom is 0.262 e. The van der Waals surface area contributed by atoms with Crippen LogP contribution >= 0.6 is 58.0 Å². The van der Waals surface area contributed by atoms with E-state index < -0.39 is 5.91 Å². The van der Waals surface area contributed by atoms with Crippen LogP contribution in [-0.4, -0.2) is 19.1 Å². The number of anilines is 1. The summed E-state index contributed by atoms with van der Waals surface area (Å²) in [5.74, 6) is 0.129. The van der Waals surface area contributed by atoms with Crippen molar-refractivity contribution in [1.82, 2.24) is 0 Å². The minimum absolute atomic E-state index is 0.00203. The van der Waals surface area contributed by atoms with Gasteiger partial charge in [0.25, 0.3) is 5.91 Å². The second-order valence-electron chi connectivity index (χ2n) is 5.43. The van der Waals surface area contributed by atoms with Gasteiger partial charge in [0.15, 0.2) is 12.4 Å². The fourth-order valence-electron chi connectivity index (χ4n) is 2.06. The standard InChI is InChI=1S/C18H16Cl5NO3/c1-2-3-8-26-11-7-5-4-6-10(11)24-12(25)9-27-18-16(22)14(20)13(19)15(21)17(18)23/h4-7H,2-3,8-9H2,1H3,(H,24,25). The zero-order valence-electron chi connectivity index (χ0n) is 14.3. The monoisotopic (exact) mass is 469 g/mol. The lowest BCUT2D eigenvalue weighted by Crippen LogP contribution is -2.21. The summed E-state index contributed by atoms with van der Waals surface area (Å²) in [5.41, 5.74) is 0.534. The molecule has 0 spiro atoms. The quantitative estimate of drug-likeness (QED) is 0.253. The number of hydrogen-bond acceptors (Lipinski definition) is 3. The number of hydrogen-bond donors (Lipinski definition) is 1. The van der Waals surface area contributed by atoms with Crippen LogP contribution in [0.5, 0.6) is 11.5 Å². The molecule has 4 nitrogen and oxygen atoms in total. The highest BCUT2D eigenvalue weighted by atomic mass is 35.5. The molecule has 0 saturated carbocycles. The summed E-state index contributed by atoms with van der Waals surface area (Å²) in [4.78, 5) is 12.3. The van der Waals surface area contributed by atoms with Gasteiger partial charge in [-0.05, 0) is 18.6 Å². The number of nitrogens with one attached hydrogen (secondary N) is 1. The highest BCUT2D eigenvalue weighted by molar-refractivity contribution is 6.55. The molecule has 27 heavy (non-hydrogen) atoms. The topological polar surface area (TPSA) is 47.6 Å². The van der Waals surface area contributed by atoms with Crippen molar-refractivity contribution in [1.29, 1.82) is 0 Å². The van der Waals surface area contributed by atoms with E-state index in [1.54, 1.807) is 18.2 Å². The molecule has 1 N–H and O–H groups in total. The Morgan fingerprint density at radius 2 is 1.52 bits per heavy atom. The maximum absolute atomic E-state index is 12.3. The van der Waals surface area contributed by atoms with Gasteiger partial charge in [-0.3, -0.25) is 4.79 Å². The first-order valence-electron chi connectivity index (χ1n) is 8.02. The van der Waals surface area contributed by atoms with Crippen molar-refractivity contribution in [3.05, 3.63) is 49.4 Å². The number of rotatable bonds is 8. The van der Waals surface area contributed by atoms with Gasteiger partial charge < -0.3 is 14.8 Å². The number of para-hydroxylation sites is 2. The van der Waals surface area contributed by atoms with E-state index in [2.05, 4.69) is 12.2 Å². The van der Waals surface area contributed by atoms with Crippen LogP contribution in [0.2, 0.25) is 25.1 Å². The summed E-state index contributed by atoms with van der Waals surface area (Å²) in [6.07, 6.45) is 1.93. The van der Waals surface area contributed by atoms with Crippen molar-refractivity contribution in [2.45, 2.75) is 19.8 Å². The third-order valence-corrected chi connectivity index (χ3v) is 5.68. The van der Waals surface area contributed by atoms with Crippen molar-refractivity contribution in [2.75, 3.05) is 18.5 Å². The molecular weight excluding hydrogens is 455 g/mol. The van der Waals surface area contributed by atoms with Gasteiger partial charge in [0, 0.05) is 0 Å². The summed E-state index contributed by atoms with van der Waals surface area (Å²) >= 11 is 30.0. The predicted octanol–water partition coefficient (Wildman–Crippen LogP) is 7.15. The Labute approximate surface area is 182 Å². The molecule has 9 heteroatoms. The van der Waals surface area contributed by atoms with Crippen molar-refractivity contribution >= 4 is 69.6 Å². The van der Waals surface area contributed by atoms with Crippen LogP contribution in [0.15, 0.2) is 24.3 Å². The van der Waals surface area contributed by atoms with Crippen molar-refractivity contribution in [3.63, 3.8) is 0 Å². The lowest BCUT2D eigenvalue weighted by molar-refractivity contribution is -0.118. The third kappa shape index (κ3) is 5.72. The summed E-state index contributed by atoms with van der Waals surface area (Å²) in [6, 6.07) is 7.12. The molecule has 0 aromatic heterocycles. The largest absolute Gasteiger partial charge is 0.491 e. The summed E-state index contributed by atoms with van der Waals surface area (Å²) in [6.45, 7) is 2.27. The molecule has 2 aromatic carbocycles. The Morgan fingerprint density at radius 1 is 0.926 bits per heavy atom. The predicted molar refractivity (Wildman–Crippen MR) is 112 cm³/mol. The van der Waals surface area contributed by atoms with E-state index in [1.165, 1.54) is 0 Å². The molecule has 0 aliphatic heterocycles. The molecule has 146 valence electrons. The highest BCUT2D eigenvalue weighted by Gasteiger charge is 2.21. The van der Waals surface area contributed by atoms with E-state index in [4.69, 9.17) is 67.5 Å². The average Bonchev–Trinajstić information content (AvgIpc) is 2.66. The lowest BCUT2D eigenvalue weighted by Gasteiger charge is -2.15. The van der Waals surface area contributed by atoms with Crippen LogP contribution in [0.4, 0.5) is 5.69 Å². The average molecular weight is 472 g/mol. The maximum atomic E-state index is 12.3. The molecule has 2 rings (SSSR count). The van der Waals surface area contributed by atoms with Crippen LogP contribution < -0.4 is 14.8 Å². The molecule has 0 aliphatic rings. The first-order chi connectivity index (χ1) is 12.9. The first kappa shape index (κ1) is 22.3. The molecule has 0 atom stereocenters. The Hall–Kier alpha value is -1.04. The number of benzene rings is 2. The van der Waals surface area contributed by atoms with Gasteiger partial charge >= 0.3 is 0 Å². The van der Waals surface area contributed by atoms with Crippen LogP contribution in [0, 0.1) is 0 Å². The number of halogens is 5. The fourth-order valence-corrected chi connectivity index (χ4v) is 3.29. The Balaban J connectivity index is 2.06. The number of carbonyl (C=O) groups is 1. The molecule has 2 aromatic rings. The van der Waals surface area contributed by atoms with Crippen LogP contribution in [-0.2, 0) is 4.79 Å². The second kappa shape index (κ2) is 10.5. The third-order valence-electron chi connectivity index (χ3n) is 3.43. The fraction of sp³-hybridized carbons (Fsp3) is 0.278. The van der Waals surface area contributed by atoms with Gasteiger partial charge in [-0.25, -0.2) is 0 Å². The van der Waals surface area contributed by atoms with Crippen molar-refractivity contribution in [2.24, 2.45) is 0 Å². The van der Waals surface area contributed by atoms with Gasteiger partial charge in [0.05, 0.1) is 27.4 Å². The zero-order chi connectivity index (χ0) is 20.0. The van der Waals surface area contributed by atoms with Crippen LogP contribution in [0.25, 0.3) is 0 Å². The number of unbranched alkanes of at least 4 members (excludes halogenated alkanes) is 1. The van der Waals surface area contributed by atoms with Gasteiger partial charge in [0.2, 0.25) is 0 Å². The van der Waals surface area contributed by atoms with E-state index in [0.29, 0.717) is 18.0 Å². The van der Waals surface area contributed by atoms with Gasteiger partial charge in [-0.2, -0.15) is 0 Å². The van der Waals surface area contributed by atoms with Gasteiger partial charge in [-0.1, -0.05) is 83.5 Å². The van der Waals surface area contributed by atoms with Crippen LogP contribution in [0.3, 0.4) is 0 Å². The molecule has 1 amide bonds. The summed E-state index contributed by atoms with van der Waals surface area (Å²) in [5, 5.41) is 2.69. The normalized spacial score (nSPS) is 10.6. The number of carbonyl (C=O) groups excluding carboxylic acids is 1. The van der Waals surface area contributed by atoms with E-state index >= 15 is 0 Å². The van der Waals surface area contributed by atoms with Gasteiger partial charge in [-0.15, -0.1) is 0 Å². The van der Waals surface area contributed by atoms with E-state index in [1.807, 2.05) is 6.07 Å². The molecule has 0 saturated heterocycles. The van der Waals surface area contributed by atoms with E-state index in [-0.39, 0.29) is 37.5 Å². The molecule has 0 unspecified atom stereocenters. The molecule has 0 bridgehead atoms. The Morgan fingerprint density at radius 3 is 2.15 bits per heavy atom. The molecular formula is C18H16Cl5NO3. The smallest absolute Gasteiger partial charge is 0.262 e. The number of ether oxygens (including phenoxy) is 2. The summed E-state index contributed by atoms with van der Waals surface area (Å²) < 4.78 is 11.1. The second-order valence-corrected chi connectivity index (χ2v) is 7.32. The van der Waals surface area contributed by atoms with Crippen molar-refractivity contribution in [3.8, 4) is 11.5 Å². The Bertz CT molecular complexity index is 800. The molecule has 0 fully saturated rings. The van der Waals surface area contributed by atoms with E-state index in [9.17, 15) is 4.79 Å². The minimum atomic E-state index is -0.434. The van der Waals surface area contributed by atoms with Crippen LogP contribution in [0.1, 0.15) is 19.8 Å². The minimum Gasteiger partial charge on any atom is -0.491 e. The lowest BCUT2D eigenvalue weighted by atomic mass is 10.3.